The zero-order valence-corrected chi connectivity index (χ0v) is 11.5. The minimum absolute atomic E-state index is 0.0410. The molecule has 0 heterocycles. The molecule has 2 unspecified atom stereocenters. The minimum Gasteiger partial charge on any atom is -0.491 e. The summed E-state index contributed by atoms with van der Waals surface area (Å²) in [6.07, 6.45) is 0.380. The first-order valence-electron chi connectivity index (χ1n) is 6.35. The molecule has 0 bridgehead atoms. The van der Waals surface area contributed by atoms with Gasteiger partial charge in [-0.15, -0.1) is 0 Å². The predicted molar refractivity (Wildman–Crippen MR) is 71.7 cm³/mol. The maximum absolute atomic E-state index is 9.29. The van der Waals surface area contributed by atoms with Crippen LogP contribution in [0.5, 0.6) is 5.75 Å². The van der Waals surface area contributed by atoms with E-state index in [1.165, 1.54) is 11.1 Å². The van der Waals surface area contributed by atoms with E-state index in [1.54, 1.807) is 6.92 Å². The Morgan fingerprint density at radius 2 is 1.82 bits per heavy atom. The molecule has 17 heavy (non-hydrogen) atoms. The van der Waals surface area contributed by atoms with Gasteiger partial charge in [0, 0.05) is 6.42 Å². The standard InChI is InChI=1S/C15H24O2/c1-10(2)15-7-6-14(8-11(15)3)17-13(5)9-12(4)16/h6-8,10,12-13,16H,9H2,1-5H3. The van der Waals surface area contributed by atoms with Crippen molar-refractivity contribution in [3.05, 3.63) is 29.3 Å². The fourth-order valence-corrected chi connectivity index (χ4v) is 2.13. The van der Waals surface area contributed by atoms with Crippen LogP contribution in [0.25, 0.3) is 0 Å². The lowest BCUT2D eigenvalue weighted by Gasteiger charge is -2.18. The Bertz CT molecular complexity index is 356. The van der Waals surface area contributed by atoms with E-state index in [1.807, 2.05) is 13.0 Å². The molecule has 1 N–H and O–H groups in total. The largest absolute Gasteiger partial charge is 0.491 e. The Labute approximate surface area is 105 Å². The van der Waals surface area contributed by atoms with Crippen LogP contribution in [0.3, 0.4) is 0 Å². The molecule has 0 saturated carbocycles. The molecule has 2 atom stereocenters. The SMILES string of the molecule is Cc1cc(OC(C)CC(C)O)ccc1C(C)C. The summed E-state index contributed by atoms with van der Waals surface area (Å²) in [6, 6.07) is 6.22. The van der Waals surface area contributed by atoms with Crippen LogP contribution in [-0.2, 0) is 0 Å². The summed E-state index contributed by atoms with van der Waals surface area (Å²) in [5.74, 6) is 1.43. The zero-order chi connectivity index (χ0) is 13.0. The van der Waals surface area contributed by atoms with Crippen molar-refractivity contribution < 1.29 is 9.84 Å². The van der Waals surface area contributed by atoms with Crippen molar-refractivity contribution in [3.63, 3.8) is 0 Å². The van der Waals surface area contributed by atoms with Crippen molar-refractivity contribution in [1.29, 1.82) is 0 Å². The van der Waals surface area contributed by atoms with Gasteiger partial charge in [-0.3, -0.25) is 0 Å². The third-order valence-corrected chi connectivity index (χ3v) is 2.87. The van der Waals surface area contributed by atoms with Gasteiger partial charge in [0.15, 0.2) is 0 Å². The van der Waals surface area contributed by atoms with Crippen molar-refractivity contribution >= 4 is 0 Å². The minimum atomic E-state index is -0.318. The Balaban J connectivity index is 2.70. The topological polar surface area (TPSA) is 29.5 Å². The van der Waals surface area contributed by atoms with Gasteiger partial charge in [0.1, 0.15) is 5.75 Å². The lowest BCUT2D eigenvalue weighted by Crippen LogP contribution is -2.18. The highest BCUT2D eigenvalue weighted by Gasteiger charge is 2.09. The molecule has 0 aromatic heterocycles. The second-order valence-corrected chi connectivity index (χ2v) is 5.19. The van der Waals surface area contributed by atoms with Gasteiger partial charge < -0.3 is 9.84 Å². The second-order valence-electron chi connectivity index (χ2n) is 5.19. The van der Waals surface area contributed by atoms with Gasteiger partial charge in [0.05, 0.1) is 12.2 Å². The van der Waals surface area contributed by atoms with Crippen LogP contribution in [0, 0.1) is 6.92 Å². The number of rotatable bonds is 5. The first-order chi connectivity index (χ1) is 7.90. The number of ether oxygens (including phenoxy) is 1. The monoisotopic (exact) mass is 236 g/mol. The molecule has 0 spiro atoms. The Morgan fingerprint density at radius 3 is 2.29 bits per heavy atom. The number of aryl methyl sites for hydroxylation is 1. The molecule has 0 saturated heterocycles. The summed E-state index contributed by atoms with van der Waals surface area (Å²) < 4.78 is 5.78. The van der Waals surface area contributed by atoms with Gasteiger partial charge in [0.2, 0.25) is 0 Å². The van der Waals surface area contributed by atoms with Crippen LogP contribution in [0.15, 0.2) is 18.2 Å². The molecule has 0 fully saturated rings. The summed E-state index contributed by atoms with van der Waals surface area (Å²) >= 11 is 0. The average molecular weight is 236 g/mol. The van der Waals surface area contributed by atoms with Crippen molar-refractivity contribution in [2.45, 2.75) is 59.2 Å². The quantitative estimate of drug-likeness (QED) is 0.845. The van der Waals surface area contributed by atoms with Gasteiger partial charge in [0.25, 0.3) is 0 Å². The van der Waals surface area contributed by atoms with E-state index in [9.17, 15) is 5.11 Å². The van der Waals surface area contributed by atoms with Crippen LogP contribution in [-0.4, -0.2) is 17.3 Å². The molecule has 1 aromatic carbocycles. The van der Waals surface area contributed by atoms with Crippen LogP contribution >= 0.6 is 0 Å². The molecular formula is C15H24O2. The maximum atomic E-state index is 9.29. The van der Waals surface area contributed by atoms with Gasteiger partial charge >= 0.3 is 0 Å². The van der Waals surface area contributed by atoms with E-state index in [0.29, 0.717) is 12.3 Å². The van der Waals surface area contributed by atoms with Crippen molar-refractivity contribution in [1.82, 2.24) is 0 Å². The van der Waals surface area contributed by atoms with E-state index >= 15 is 0 Å². The molecule has 0 radical (unpaired) electrons. The zero-order valence-electron chi connectivity index (χ0n) is 11.5. The molecule has 2 heteroatoms. The summed E-state index contributed by atoms with van der Waals surface area (Å²) in [5.41, 5.74) is 2.63. The summed E-state index contributed by atoms with van der Waals surface area (Å²) in [5, 5.41) is 9.29. The molecule has 0 aliphatic rings. The lowest BCUT2D eigenvalue weighted by molar-refractivity contribution is 0.115. The van der Waals surface area contributed by atoms with Crippen LogP contribution in [0.1, 0.15) is 51.2 Å². The Hall–Kier alpha value is -1.02. The predicted octanol–water partition coefficient (Wildman–Crippen LogP) is 3.66. The van der Waals surface area contributed by atoms with Crippen molar-refractivity contribution in [2.24, 2.45) is 0 Å². The first-order valence-corrected chi connectivity index (χ1v) is 6.35. The summed E-state index contributed by atoms with van der Waals surface area (Å²) in [4.78, 5) is 0. The molecule has 0 amide bonds. The summed E-state index contributed by atoms with van der Waals surface area (Å²) in [6.45, 7) is 10.3. The fourth-order valence-electron chi connectivity index (χ4n) is 2.13. The highest BCUT2D eigenvalue weighted by molar-refractivity contribution is 5.36. The number of hydrogen-bond acceptors (Lipinski definition) is 2. The van der Waals surface area contributed by atoms with E-state index in [0.717, 1.165) is 5.75 Å². The number of aliphatic hydroxyl groups is 1. The van der Waals surface area contributed by atoms with Crippen LogP contribution < -0.4 is 4.74 Å². The second kappa shape index (κ2) is 6.06. The molecule has 0 aliphatic carbocycles. The molecule has 1 aromatic rings. The molecule has 1 rings (SSSR count). The number of hydrogen-bond donors (Lipinski definition) is 1. The highest BCUT2D eigenvalue weighted by Crippen LogP contribution is 2.24. The van der Waals surface area contributed by atoms with Gasteiger partial charge in [-0.1, -0.05) is 19.9 Å². The Kier molecular flexibility index (Phi) is 5.01. The lowest BCUT2D eigenvalue weighted by atomic mass is 9.98. The maximum Gasteiger partial charge on any atom is 0.119 e. The van der Waals surface area contributed by atoms with E-state index in [2.05, 4.69) is 32.9 Å². The average Bonchev–Trinajstić information content (AvgIpc) is 2.15. The third kappa shape index (κ3) is 4.39. The third-order valence-electron chi connectivity index (χ3n) is 2.87. The molecule has 2 nitrogen and oxygen atoms in total. The van der Waals surface area contributed by atoms with Crippen molar-refractivity contribution in [2.75, 3.05) is 0 Å². The molecule has 96 valence electrons. The van der Waals surface area contributed by atoms with Gasteiger partial charge in [-0.25, -0.2) is 0 Å². The number of benzene rings is 1. The molecule has 0 aliphatic heterocycles. The van der Waals surface area contributed by atoms with E-state index in [4.69, 9.17) is 4.74 Å². The summed E-state index contributed by atoms with van der Waals surface area (Å²) in [7, 11) is 0. The van der Waals surface area contributed by atoms with E-state index in [-0.39, 0.29) is 12.2 Å². The van der Waals surface area contributed by atoms with Crippen molar-refractivity contribution in [3.8, 4) is 5.75 Å². The molecular weight excluding hydrogens is 212 g/mol. The Morgan fingerprint density at radius 1 is 1.18 bits per heavy atom. The highest BCUT2D eigenvalue weighted by atomic mass is 16.5. The van der Waals surface area contributed by atoms with Gasteiger partial charge in [-0.2, -0.15) is 0 Å². The normalized spacial score (nSPS) is 14.8. The number of aliphatic hydroxyl groups excluding tert-OH is 1. The van der Waals surface area contributed by atoms with Crippen LogP contribution in [0.4, 0.5) is 0 Å². The van der Waals surface area contributed by atoms with Crippen LogP contribution in [0.2, 0.25) is 0 Å². The fraction of sp³-hybridized carbons (Fsp3) is 0.600. The first kappa shape index (κ1) is 14.0. The van der Waals surface area contributed by atoms with Gasteiger partial charge in [-0.05, 0) is 49.9 Å². The smallest absolute Gasteiger partial charge is 0.119 e. The van der Waals surface area contributed by atoms with E-state index < -0.39 is 0 Å².